The second-order valence-electron chi connectivity index (χ2n) is 6.71. The van der Waals surface area contributed by atoms with Crippen molar-refractivity contribution in [3.8, 4) is 0 Å². The highest BCUT2D eigenvalue weighted by molar-refractivity contribution is 14.1. The zero-order valence-electron chi connectivity index (χ0n) is 13.6. The fourth-order valence-corrected chi connectivity index (χ4v) is 4.81. The van der Waals surface area contributed by atoms with Crippen LogP contribution in [0, 0.1) is 15.4 Å². The topological polar surface area (TPSA) is 47.6 Å². The Morgan fingerprint density at radius 2 is 2.09 bits per heavy atom. The first kappa shape index (κ1) is 17.0. The van der Waals surface area contributed by atoms with E-state index < -0.39 is 0 Å². The molecule has 3 unspecified atom stereocenters. The Hall–Kier alpha value is -0.820. The molecule has 1 amide bonds. The molecule has 2 aliphatic rings. The molecule has 5 atom stereocenters. The number of carbonyl (C=O) groups excluding carboxylic acids is 1. The molecule has 2 saturated carbocycles. The minimum Gasteiger partial charge on any atom is -0.443 e. The summed E-state index contributed by atoms with van der Waals surface area (Å²) in [6.45, 7) is 1.89. The van der Waals surface area contributed by atoms with Crippen molar-refractivity contribution in [2.75, 3.05) is 7.11 Å². The Morgan fingerprint density at radius 1 is 1.30 bits per heavy atom. The van der Waals surface area contributed by atoms with Gasteiger partial charge in [0.15, 0.2) is 0 Å². The molecule has 1 aromatic rings. The number of nitrogens with one attached hydrogen (secondary N) is 1. The van der Waals surface area contributed by atoms with E-state index in [1.54, 1.807) is 7.11 Å². The molecule has 2 fully saturated rings. The fourth-order valence-electron chi connectivity index (χ4n) is 4.11. The highest BCUT2D eigenvalue weighted by Crippen LogP contribution is 2.44. The first-order valence-corrected chi connectivity index (χ1v) is 9.40. The third kappa shape index (κ3) is 3.82. The summed E-state index contributed by atoms with van der Waals surface area (Å²) in [6.07, 6.45) is 4.04. The Morgan fingerprint density at radius 3 is 2.70 bits per heavy atom. The number of amides is 1. The molecule has 3 rings (SSSR count). The molecule has 2 bridgehead atoms. The maximum atomic E-state index is 12.2. The van der Waals surface area contributed by atoms with Gasteiger partial charge in [-0.2, -0.15) is 0 Å². The van der Waals surface area contributed by atoms with Crippen molar-refractivity contribution in [1.82, 2.24) is 5.32 Å². The highest BCUT2D eigenvalue weighted by Gasteiger charge is 2.40. The molecular weight excluding hydrogens is 405 g/mol. The van der Waals surface area contributed by atoms with Crippen LogP contribution in [0.5, 0.6) is 0 Å². The summed E-state index contributed by atoms with van der Waals surface area (Å²) in [5.74, 6) is 1.46. The smallest absolute Gasteiger partial charge is 0.407 e. The predicted molar refractivity (Wildman–Crippen MR) is 97.2 cm³/mol. The van der Waals surface area contributed by atoms with Gasteiger partial charge >= 0.3 is 6.09 Å². The Bertz CT molecular complexity index is 565. The van der Waals surface area contributed by atoms with Crippen LogP contribution in [0.1, 0.15) is 44.3 Å². The van der Waals surface area contributed by atoms with Crippen LogP contribution >= 0.6 is 22.6 Å². The van der Waals surface area contributed by atoms with E-state index in [1.807, 2.05) is 31.2 Å². The number of carbonyl (C=O) groups is 1. The number of hydrogen-bond acceptors (Lipinski definition) is 3. The molecule has 126 valence electrons. The number of alkyl carbamates (subject to hydrolysis) is 1. The lowest BCUT2D eigenvalue weighted by atomic mass is 9.96. The summed E-state index contributed by atoms with van der Waals surface area (Å²) in [5, 5.41) is 3.07. The van der Waals surface area contributed by atoms with Crippen LogP contribution < -0.4 is 5.32 Å². The quantitative estimate of drug-likeness (QED) is 0.711. The number of rotatable bonds is 5. The summed E-state index contributed by atoms with van der Waals surface area (Å²) in [4.78, 5) is 12.2. The maximum Gasteiger partial charge on any atom is 0.407 e. The second kappa shape index (κ2) is 7.38. The number of halogens is 1. The summed E-state index contributed by atoms with van der Waals surface area (Å²) >= 11 is 2.28. The summed E-state index contributed by atoms with van der Waals surface area (Å²) < 4.78 is 12.3. The Labute approximate surface area is 151 Å². The molecule has 2 aliphatic carbocycles. The number of ether oxygens (including phenoxy) is 2. The van der Waals surface area contributed by atoms with Gasteiger partial charge in [-0.15, -0.1) is 0 Å². The normalized spacial score (nSPS) is 28.4. The van der Waals surface area contributed by atoms with E-state index in [4.69, 9.17) is 9.47 Å². The first-order chi connectivity index (χ1) is 11.1. The van der Waals surface area contributed by atoms with Crippen LogP contribution in [-0.4, -0.2) is 25.3 Å². The van der Waals surface area contributed by atoms with Gasteiger partial charge in [0.1, 0.15) is 12.2 Å². The third-order valence-electron chi connectivity index (χ3n) is 5.23. The molecule has 4 nitrogen and oxygen atoms in total. The van der Waals surface area contributed by atoms with Crippen molar-refractivity contribution in [3.05, 3.63) is 33.4 Å². The van der Waals surface area contributed by atoms with Crippen LogP contribution in [0.4, 0.5) is 4.79 Å². The number of fused-ring (bicyclic) bond motifs is 2. The molecule has 0 spiro atoms. The largest absolute Gasteiger partial charge is 0.443 e. The molecule has 1 N–H and O–H groups in total. The van der Waals surface area contributed by atoms with Crippen molar-refractivity contribution in [2.45, 2.75) is 50.9 Å². The van der Waals surface area contributed by atoms with Crippen molar-refractivity contribution >= 4 is 28.7 Å². The van der Waals surface area contributed by atoms with E-state index in [-0.39, 0.29) is 18.3 Å². The lowest BCUT2D eigenvalue weighted by Crippen LogP contribution is -2.40. The van der Waals surface area contributed by atoms with Gasteiger partial charge in [0, 0.05) is 16.7 Å². The van der Waals surface area contributed by atoms with Crippen molar-refractivity contribution in [1.29, 1.82) is 0 Å². The van der Waals surface area contributed by atoms with Crippen molar-refractivity contribution in [3.63, 3.8) is 0 Å². The van der Waals surface area contributed by atoms with Gasteiger partial charge in [-0.05, 0) is 72.2 Å². The molecule has 23 heavy (non-hydrogen) atoms. The lowest BCUT2D eigenvalue weighted by Gasteiger charge is -2.27. The van der Waals surface area contributed by atoms with Crippen LogP contribution in [0.25, 0.3) is 0 Å². The van der Waals surface area contributed by atoms with E-state index >= 15 is 0 Å². The SMILES string of the molecule is CO[C@@H](c1ccccc1I)[C@H](C)OC(=O)NC1CC2CCC1C2. The molecule has 0 heterocycles. The molecular formula is C18H24INO3. The van der Waals surface area contributed by atoms with Gasteiger partial charge in [0.05, 0.1) is 0 Å². The predicted octanol–water partition coefficient (Wildman–Crippen LogP) is 4.28. The Kier molecular flexibility index (Phi) is 5.46. The minimum atomic E-state index is -0.338. The van der Waals surface area contributed by atoms with E-state index in [2.05, 4.69) is 27.9 Å². The van der Waals surface area contributed by atoms with E-state index in [9.17, 15) is 4.79 Å². The van der Waals surface area contributed by atoms with E-state index in [1.165, 1.54) is 19.3 Å². The van der Waals surface area contributed by atoms with Crippen LogP contribution in [-0.2, 0) is 9.47 Å². The lowest BCUT2D eigenvalue weighted by molar-refractivity contribution is -0.0165. The standard InChI is InChI=1S/C18H24INO3/c1-11(17(22-2)14-5-3-4-6-15(14)19)23-18(21)20-16-10-12-7-8-13(16)9-12/h3-6,11-13,16-17H,7-10H2,1-2H3,(H,20,21)/t11-,12?,13?,16?,17+/m0/s1. The van der Waals surface area contributed by atoms with Gasteiger partial charge < -0.3 is 14.8 Å². The highest BCUT2D eigenvalue weighted by atomic mass is 127. The van der Waals surface area contributed by atoms with Gasteiger partial charge in [-0.1, -0.05) is 24.6 Å². The summed E-state index contributed by atoms with van der Waals surface area (Å²) in [5.41, 5.74) is 1.05. The third-order valence-corrected chi connectivity index (χ3v) is 6.21. The van der Waals surface area contributed by atoms with Gasteiger partial charge in [0.25, 0.3) is 0 Å². The monoisotopic (exact) mass is 429 g/mol. The fraction of sp³-hybridized carbons (Fsp3) is 0.611. The first-order valence-electron chi connectivity index (χ1n) is 8.33. The average molecular weight is 429 g/mol. The molecule has 0 aromatic heterocycles. The zero-order chi connectivity index (χ0) is 16.4. The second-order valence-corrected chi connectivity index (χ2v) is 7.88. The van der Waals surface area contributed by atoms with Gasteiger partial charge in [-0.25, -0.2) is 4.79 Å². The zero-order valence-corrected chi connectivity index (χ0v) is 15.8. The molecule has 1 aromatic carbocycles. The van der Waals surface area contributed by atoms with Crippen LogP contribution in [0.2, 0.25) is 0 Å². The molecule has 0 saturated heterocycles. The van der Waals surface area contributed by atoms with Crippen LogP contribution in [0.15, 0.2) is 24.3 Å². The average Bonchev–Trinajstić information content (AvgIpc) is 3.12. The van der Waals surface area contributed by atoms with E-state index in [0.717, 1.165) is 21.5 Å². The number of methoxy groups -OCH3 is 1. The van der Waals surface area contributed by atoms with E-state index in [0.29, 0.717) is 12.0 Å². The Balaban J connectivity index is 1.57. The van der Waals surface area contributed by atoms with Crippen molar-refractivity contribution < 1.29 is 14.3 Å². The molecule has 0 radical (unpaired) electrons. The minimum absolute atomic E-state index is 0.256. The number of hydrogen-bond donors (Lipinski definition) is 1. The van der Waals surface area contributed by atoms with Crippen LogP contribution in [0.3, 0.4) is 0 Å². The summed E-state index contributed by atoms with van der Waals surface area (Å²) in [6, 6.07) is 8.32. The van der Waals surface area contributed by atoms with Gasteiger partial charge in [0.2, 0.25) is 0 Å². The van der Waals surface area contributed by atoms with Crippen molar-refractivity contribution in [2.24, 2.45) is 11.8 Å². The molecule has 0 aliphatic heterocycles. The summed E-state index contributed by atoms with van der Waals surface area (Å²) in [7, 11) is 1.65. The molecule has 5 heteroatoms. The number of benzene rings is 1. The van der Waals surface area contributed by atoms with Gasteiger partial charge in [-0.3, -0.25) is 0 Å². The maximum absolute atomic E-state index is 12.2.